The molecule has 0 aliphatic heterocycles. The SMILES string of the molecule is CSCCC(NC(=O)CN)C(=O)NC(Cc1c[nH]c2ccccc12)C(=O)O. The Balaban J connectivity index is 2.11. The highest BCUT2D eigenvalue weighted by molar-refractivity contribution is 7.98. The molecule has 0 aliphatic carbocycles. The van der Waals surface area contributed by atoms with Crippen LogP contribution in [0.1, 0.15) is 12.0 Å². The van der Waals surface area contributed by atoms with Gasteiger partial charge in [-0.2, -0.15) is 11.8 Å². The number of aliphatic carboxylic acids is 1. The molecule has 0 bridgehead atoms. The minimum Gasteiger partial charge on any atom is -0.480 e. The van der Waals surface area contributed by atoms with Crippen LogP contribution < -0.4 is 16.4 Å². The minimum atomic E-state index is -1.14. The summed E-state index contributed by atoms with van der Waals surface area (Å²) in [5.41, 5.74) is 6.99. The molecule has 27 heavy (non-hydrogen) atoms. The number of carbonyl (C=O) groups is 3. The van der Waals surface area contributed by atoms with E-state index in [4.69, 9.17) is 5.73 Å². The van der Waals surface area contributed by atoms with Crippen molar-refractivity contribution in [2.45, 2.75) is 24.9 Å². The number of thioether (sulfide) groups is 1. The van der Waals surface area contributed by atoms with Crippen molar-refractivity contribution >= 4 is 40.4 Å². The van der Waals surface area contributed by atoms with Crippen molar-refractivity contribution in [2.24, 2.45) is 5.73 Å². The summed E-state index contributed by atoms with van der Waals surface area (Å²) in [5, 5.41) is 15.5. The fourth-order valence-electron chi connectivity index (χ4n) is 2.75. The maximum Gasteiger partial charge on any atom is 0.326 e. The Hall–Kier alpha value is -2.52. The molecule has 0 aliphatic rings. The van der Waals surface area contributed by atoms with Crippen LogP contribution in [0.2, 0.25) is 0 Å². The lowest BCUT2D eigenvalue weighted by atomic mass is 10.0. The maximum atomic E-state index is 12.6. The molecular weight excluding hydrogens is 368 g/mol. The van der Waals surface area contributed by atoms with Crippen LogP contribution in [0.5, 0.6) is 0 Å². The maximum absolute atomic E-state index is 12.6. The van der Waals surface area contributed by atoms with Crippen molar-refractivity contribution in [3.05, 3.63) is 36.0 Å². The predicted molar refractivity (Wildman–Crippen MR) is 106 cm³/mol. The Labute approximate surface area is 161 Å². The first kappa shape index (κ1) is 20.8. The number of para-hydroxylation sites is 1. The molecule has 2 rings (SSSR count). The lowest BCUT2D eigenvalue weighted by molar-refractivity contribution is -0.142. The molecule has 1 aromatic heterocycles. The number of aromatic nitrogens is 1. The number of benzene rings is 1. The van der Waals surface area contributed by atoms with E-state index in [2.05, 4.69) is 15.6 Å². The number of nitrogens with two attached hydrogens (primary N) is 1. The molecule has 1 aromatic carbocycles. The number of aromatic amines is 1. The Kier molecular flexibility index (Phi) is 7.68. The summed E-state index contributed by atoms with van der Waals surface area (Å²) >= 11 is 1.53. The van der Waals surface area contributed by atoms with Gasteiger partial charge in [0.25, 0.3) is 0 Å². The second-order valence-electron chi connectivity index (χ2n) is 6.07. The quantitative estimate of drug-likeness (QED) is 0.399. The smallest absolute Gasteiger partial charge is 0.326 e. The van der Waals surface area contributed by atoms with E-state index < -0.39 is 29.9 Å². The zero-order valence-corrected chi connectivity index (χ0v) is 15.8. The summed E-state index contributed by atoms with van der Waals surface area (Å²) < 4.78 is 0. The molecule has 1 heterocycles. The first-order valence-corrected chi connectivity index (χ1v) is 9.92. The van der Waals surface area contributed by atoms with Crippen molar-refractivity contribution < 1.29 is 19.5 Å². The van der Waals surface area contributed by atoms with Crippen LogP contribution in [0.15, 0.2) is 30.5 Å². The average Bonchev–Trinajstić information content (AvgIpc) is 3.07. The van der Waals surface area contributed by atoms with Crippen LogP contribution in [0.4, 0.5) is 0 Å². The van der Waals surface area contributed by atoms with Crippen LogP contribution in [0, 0.1) is 0 Å². The highest BCUT2D eigenvalue weighted by atomic mass is 32.2. The van der Waals surface area contributed by atoms with Gasteiger partial charge >= 0.3 is 5.97 Å². The molecule has 0 fully saturated rings. The van der Waals surface area contributed by atoms with Crippen LogP contribution in [-0.2, 0) is 20.8 Å². The van der Waals surface area contributed by atoms with E-state index in [9.17, 15) is 19.5 Å². The fraction of sp³-hybridized carbons (Fsp3) is 0.389. The first-order chi connectivity index (χ1) is 13.0. The van der Waals surface area contributed by atoms with Gasteiger partial charge in [0, 0.05) is 23.5 Å². The van der Waals surface area contributed by atoms with Gasteiger partial charge in [-0.3, -0.25) is 9.59 Å². The van der Waals surface area contributed by atoms with Gasteiger partial charge in [0.05, 0.1) is 6.54 Å². The number of carboxylic acid groups (broad SMARTS) is 1. The van der Waals surface area contributed by atoms with Crippen LogP contribution in [-0.4, -0.2) is 58.5 Å². The molecule has 6 N–H and O–H groups in total. The number of rotatable bonds is 10. The Morgan fingerprint density at radius 1 is 1.22 bits per heavy atom. The van der Waals surface area contributed by atoms with E-state index in [1.54, 1.807) is 6.20 Å². The number of hydrogen-bond donors (Lipinski definition) is 5. The van der Waals surface area contributed by atoms with Crippen LogP contribution in [0.25, 0.3) is 10.9 Å². The number of hydrogen-bond acceptors (Lipinski definition) is 5. The van der Waals surface area contributed by atoms with E-state index in [0.29, 0.717) is 12.2 Å². The monoisotopic (exact) mass is 392 g/mol. The van der Waals surface area contributed by atoms with Crippen molar-refractivity contribution in [1.29, 1.82) is 0 Å². The summed E-state index contributed by atoms with van der Waals surface area (Å²) in [6, 6.07) is 5.62. The van der Waals surface area contributed by atoms with E-state index >= 15 is 0 Å². The van der Waals surface area contributed by atoms with Gasteiger partial charge in [-0.1, -0.05) is 18.2 Å². The Bertz CT molecular complexity index is 808. The van der Waals surface area contributed by atoms with E-state index in [1.807, 2.05) is 30.5 Å². The van der Waals surface area contributed by atoms with Gasteiger partial charge in [-0.05, 0) is 30.1 Å². The normalized spacial score (nSPS) is 13.1. The van der Waals surface area contributed by atoms with Crippen LogP contribution >= 0.6 is 11.8 Å². The number of carboxylic acids is 1. The third kappa shape index (κ3) is 5.73. The van der Waals surface area contributed by atoms with Crippen molar-refractivity contribution in [3.8, 4) is 0 Å². The summed E-state index contributed by atoms with van der Waals surface area (Å²) in [5.74, 6) is -1.48. The molecule has 146 valence electrons. The van der Waals surface area contributed by atoms with Crippen molar-refractivity contribution in [1.82, 2.24) is 15.6 Å². The Morgan fingerprint density at radius 2 is 1.96 bits per heavy atom. The summed E-state index contributed by atoms with van der Waals surface area (Å²) in [6.07, 6.45) is 4.15. The molecule has 2 unspecified atom stereocenters. The van der Waals surface area contributed by atoms with E-state index in [-0.39, 0.29) is 13.0 Å². The minimum absolute atomic E-state index is 0.130. The molecule has 0 radical (unpaired) electrons. The average molecular weight is 392 g/mol. The second kappa shape index (κ2) is 9.98. The molecule has 0 spiro atoms. The number of amides is 2. The van der Waals surface area contributed by atoms with Gasteiger partial charge in [0.1, 0.15) is 12.1 Å². The lowest BCUT2D eigenvalue weighted by Gasteiger charge is -2.21. The summed E-state index contributed by atoms with van der Waals surface area (Å²) in [7, 11) is 0. The first-order valence-electron chi connectivity index (χ1n) is 8.52. The van der Waals surface area contributed by atoms with Gasteiger partial charge < -0.3 is 26.5 Å². The van der Waals surface area contributed by atoms with Gasteiger partial charge in [0.2, 0.25) is 11.8 Å². The van der Waals surface area contributed by atoms with E-state index in [0.717, 1.165) is 16.5 Å². The fourth-order valence-corrected chi connectivity index (χ4v) is 3.22. The largest absolute Gasteiger partial charge is 0.480 e. The molecular formula is C18H24N4O4S. The Morgan fingerprint density at radius 3 is 2.63 bits per heavy atom. The summed E-state index contributed by atoms with van der Waals surface area (Å²) in [4.78, 5) is 38.9. The summed E-state index contributed by atoms with van der Waals surface area (Å²) in [6.45, 7) is -0.235. The van der Waals surface area contributed by atoms with Gasteiger partial charge in [-0.25, -0.2) is 4.79 Å². The van der Waals surface area contributed by atoms with Crippen LogP contribution in [0.3, 0.4) is 0 Å². The third-order valence-electron chi connectivity index (χ3n) is 4.16. The zero-order chi connectivity index (χ0) is 19.8. The van der Waals surface area contributed by atoms with E-state index in [1.165, 1.54) is 11.8 Å². The molecule has 2 aromatic rings. The predicted octanol–water partition coefficient (Wildman–Crippen LogP) is 0.476. The third-order valence-corrected chi connectivity index (χ3v) is 4.81. The second-order valence-corrected chi connectivity index (χ2v) is 7.05. The van der Waals surface area contributed by atoms with Crippen molar-refractivity contribution in [2.75, 3.05) is 18.6 Å². The molecule has 2 atom stereocenters. The zero-order valence-electron chi connectivity index (χ0n) is 15.0. The number of carbonyl (C=O) groups excluding carboxylic acids is 2. The molecule has 0 saturated carbocycles. The van der Waals surface area contributed by atoms with Gasteiger partial charge in [-0.15, -0.1) is 0 Å². The van der Waals surface area contributed by atoms with Crippen molar-refractivity contribution in [3.63, 3.8) is 0 Å². The van der Waals surface area contributed by atoms with Gasteiger partial charge in [0.15, 0.2) is 0 Å². The molecule has 8 nitrogen and oxygen atoms in total. The number of nitrogens with one attached hydrogen (secondary N) is 3. The standard InChI is InChI=1S/C18H24N4O4S/c1-27-7-6-14(21-16(23)9-19)17(24)22-15(18(25)26)8-11-10-20-13-5-3-2-4-12(11)13/h2-5,10,14-15,20H,6-9,19H2,1H3,(H,21,23)(H,22,24)(H,25,26). The lowest BCUT2D eigenvalue weighted by Crippen LogP contribution is -2.53. The molecule has 0 saturated heterocycles. The molecule has 9 heteroatoms. The highest BCUT2D eigenvalue weighted by Crippen LogP contribution is 2.19. The number of H-pyrrole nitrogens is 1. The number of fused-ring (bicyclic) bond motifs is 1. The topological polar surface area (TPSA) is 137 Å². The highest BCUT2D eigenvalue weighted by Gasteiger charge is 2.27. The molecule has 2 amide bonds.